The van der Waals surface area contributed by atoms with Crippen LogP contribution in [0.4, 0.5) is 5.69 Å². The third-order valence-corrected chi connectivity index (χ3v) is 5.41. The molecule has 3 aromatic rings. The largest absolute Gasteiger partial charge is 0.346 e. The van der Waals surface area contributed by atoms with E-state index in [1.165, 1.54) is 0 Å². The van der Waals surface area contributed by atoms with Crippen LogP contribution >= 0.6 is 0 Å². The van der Waals surface area contributed by atoms with Crippen molar-refractivity contribution < 1.29 is 9.59 Å². The zero-order valence-electron chi connectivity index (χ0n) is 16.6. The van der Waals surface area contributed by atoms with Crippen LogP contribution in [0.3, 0.4) is 0 Å². The second-order valence-corrected chi connectivity index (χ2v) is 7.80. The molecule has 0 spiro atoms. The summed E-state index contributed by atoms with van der Waals surface area (Å²) >= 11 is 0. The van der Waals surface area contributed by atoms with Gasteiger partial charge in [0, 0.05) is 18.3 Å². The van der Waals surface area contributed by atoms with Crippen molar-refractivity contribution in [2.24, 2.45) is 5.92 Å². The van der Waals surface area contributed by atoms with Crippen LogP contribution in [0.25, 0.3) is 5.65 Å². The Morgan fingerprint density at radius 1 is 1.17 bits per heavy atom. The van der Waals surface area contributed by atoms with Crippen LogP contribution in [0.15, 0.2) is 48.7 Å². The molecule has 150 valence electrons. The predicted octanol–water partition coefficient (Wildman–Crippen LogP) is 3.45. The molecule has 0 unspecified atom stereocenters. The normalized spacial score (nSPS) is 16.7. The van der Waals surface area contributed by atoms with Crippen molar-refractivity contribution in [1.82, 2.24) is 19.9 Å². The molecule has 1 aliphatic heterocycles. The van der Waals surface area contributed by atoms with Gasteiger partial charge in [0.15, 0.2) is 11.5 Å². The van der Waals surface area contributed by atoms with Crippen molar-refractivity contribution in [1.29, 1.82) is 0 Å². The molecule has 29 heavy (non-hydrogen) atoms. The number of pyridine rings is 1. The molecule has 2 N–H and O–H groups in total. The van der Waals surface area contributed by atoms with Crippen molar-refractivity contribution in [3.63, 3.8) is 0 Å². The fourth-order valence-corrected chi connectivity index (χ4v) is 3.88. The Morgan fingerprint density at radius 2 is 1.97 bits per heavy atom. The molecule has 2 aromatic heterocycles. The molecule has 2 amide bonds. The van der Waals surface area contributed by atoms with Crippen molar-refractivity contribution in [2.45, 2.75) is 45.1 Å². The van der Waals surface area contributed by atoms with Gasteiger partial charge in [0.05, 0.1) is 12.0 Å². The molecular formula is C22H25N5O2. The Labute approximate surface area is 169 Å². The van der Waals surface area contributed by atoms with E-state index in [2.05, 4.69) is 34.7 Å². The van der Waals surface area contributed by atoms with E-state index in [9.17, 15) is 9.59 Å². The number of aromatic nitrogens is 3. The molecule has 1 aromatic carbocycles. The number of hydrogen-bond donors (Lipinski definition) is 2. The number of benzene rings is 1. The first-order valence-corrected chi connectivity index (χ1v) is 10.0. The molecule has 7 heteroatoms. The van der Waals surface area contributed by atoms with Crippen LogP contribution < -0.4 is 10.6 Å². The Kier molecular flexibility index (Phi) is 5.29. The number of hydrogen-bond acceptors (Lipinski definition) is 4. The molecular weight excluding hydrogens is 366 g/mol. The van der Waals surface area contributed by atoms with Crippen molar-refractivity contribution >= 4 is 23.1 Å². The summed E-state index contributed by atoms with van der Waals surface area (Å²) in [6.45, 7) is 4.10. The summed E-state index contributed by atoms with van der Waals surface area (Å²) in [7, 11) is 0. The van der Waals surface area contributed by atoms with Gasteiger partial charge in [-0.15, -0.1) is 10.2 Å². The topological polar surface area (TPSA) is 88.4 Å². The summed E-state index contributed by atoms with van der Waals surface area (Å²) in [6.07, 6.45) is 3.56. The second kappa shape index (κ2) is 8.03. The number of nitrogens with one attached hydrogen (secondary N) is 2. The van der Waals surface area contributed by atoms with Gasteiger partial charge < -0.3 is 10.6 Å². The number of carbonyl (C=O) groups excluding carboxylic acids is 2. The fourth-order valence-electron chi connectivity index (χ4n) is 3.88. The quantitative estimate of drug-likeness (QED) is 0.646. The summed E-state index contributed by atoms with van der Waals surface area (Å²) in [5.41, 5.74) is 2.66. The maximum atomic E-state index is 12.6. The van der Waals surface area contributed by atoms with Gasteiger partial charge in [-0.3, -0.25) is 14.0 Å². The lowest BCUT2D eigenvalue weighted by Crippen LogP contribution is -2.33. The van der Waals surface area contributed by atoms with Gasteiger partial charge in [0.2, 0.25) is 11.8 Å². The fraction of sp³-hybridized carbons (Fsp3) is 0.364. The highest BCUT2D eigenvalue weighted by molar-refractivity contribution is 6.02. The molecule has 2 atom stereocenters. The minimum absolute atomic E-state index is 0.0154. The average molecular weight is 391 g/mol. The van der Waals surface area contributed by atoms with Gasteiger partial charge in [-0.1, -0.05) is 38.1 Å². The lowest BCUT2D eigenvalue weighted by atomic mass is 9.94. The van der Waals surface area contributed by atoms with E-state index in [0.29, 0.717) is 19.3 Å². The van der Waals surface area contributed by atoms with E-state index in [1.54, 1.807) is 0 Å². The highest BCUT2D eigenvalue weighted by atomic mass is 16.2. The number of carbonyl (C=O) groups is 2. The Balaban J connectivity index is 1.38. The maximum absolute atomic E-state index is 12.6. The lowest BCUT2D eigenvalue weighted by Gasteiger charge is -2.21. The van der Waals surface area contributed by atoms with E-state index in [1.807, 2.05) is 53.1 Å². The van der Waals surface area contributed by atoms with E-state index in [0.717, 1.165) is 22.7 Å². The first-order chi connectivity index (χ1) is 14.0. The molecule has 0 aliphatic carbocycles. The molecule has 4 rings (SSSR count). The smallest absolute Gasteiger partial charge is 0.232 e. The highest BCUT2D eigenvalue weighted by Gasteiger charge is 2.30. The minimum atomic E-state index is -0.226. The van der Waals surface area contributed by atoms with Crippen LogP contribution in [0.1, 0.15) is 56.5 Å². The van der Waals surface area contributed by atoms with Crippen molar-refractivity contribution in [3.05, 3.63) is 60.0 Å². The number of para-hydroxylation sites is 1. The van der Waals surface area contributed by atoms with Gasteiger partial charge in [0.1, 0.15) is 0 Å². The van der Waals surface area contributed by atoms with Gasteiger partial charge in [-0.2, -0.15) is 0 Å². The summed E-state index contributed by atoms with van der Waals surface area (Å²) in [5, 5.41) is 14.5. The molecule has 0 radical (unpaired) electrons. The van der Waals surface area contributed by atoms with Gasteiger partial charge in [0.25, 0.3) is 0 Å². The van der Waals surface area contributed by atoms with E-state index in [-0.39, 0.29) is 29.7 Å². The number of fused-ring (bicyclic) bond motifs is 2. The molecule has 1 aliphatic rings. The second-order valence-electron chi connectivity index (χ2n) is 7.80. The first-order valence-electron chi connectivity index (χ1n) is 10.0. The predicted molar refractivity (Wildman–Crippen MR) is 110 cm³/mol. The number of anilines is 1. The monoisotopic (exact) mass is 391 g/mol. The summed E-state index contributed by atoms with van der Waals surface area (Å²) in [4.78, 5) is 24.8. The zero-order valence-corrected chi connectivity index (χ0v) is 16.6. The van der Waals surface area contributed by atoms with E-state index >= 15 is 0 Å². The van der Waals surface area contributed by atoms with E-state index in [4.69, 9.17) is 0 Å². The Bertz CT molecular complexity index is 1040. The molecule has 7 nitrogen and oxygen atoms in total. The third kappa shape index (κ3) is 3.85. The van der Waals surface area contributed by atoms with Crippen LogP contribution in [0, 0.1) is 5.92 Å². The molecule has 0 bridgehead atoms. The zero-order chi connectivity index (χ0) is 20.4. The minimum Gasteiger partial charge on any atom is -0.346 e. The number of nitrogens with zero attached hydrogens (tertiary/aromatic N) is 3. The lowest BCUT2D eigenvalue weighted by molar-refractivity contribution is -0.123. The molecule has 0 fully saturated rings. The maximum Gasteiger partial charge on any atom is 0.232 e. The van der Waals surface area contributed by atoms with Crippen LogP contribution in [-0.2, 0) is 9.59 Å². The van der Waals surface area contributed by atoms with Crippen LogP contribution in [-0.4, -0.2) is 26.4 Å². The summed E-state index contributed by atoms with van der Waals surface area (Å²) < 4.78 is 1.91. The van der Waals surface area contributed by atoms with E-state index < -0.39 is 0 Å². The highest BCUT2D eigenvalue weighted by Crippen LogP contribution is 2.35. The average Bonchev–Trinajstić information content (AvgIpc) is 3.27. The summed E-state index contributed by atoms with van der Waals surface area (Å²) in [5.74, 6) is 0.692. The molecule has 0 saturated heterocycles. The van der Waals surface area contributed by atoms with Gasteiger partial charge in [-0.25, -0.2) is 0 Å². The van der Waals surface area contributed by atoms with Crippen LogP contribution in [0.5, 0.6) is 0 Å². The first kappa shape index (κ1) is 19.1. The SMILES string of the molecule is CC(C)[C@@H](NC(=O)CCC[C@H]1C(=O)Nc2ccccc21)c1nnc2ccccn12. The number of rotatable bonds is 7. The van der Waals surface area contributed by atoms with Gasteiger partial charge >= 0.3 is 0 Å². The summed E-state index contributed by atoms with van der Waals surface area (Å²) in [6, 6.07) is 13.2. The molecule has 3 heterocycles. The van der Waals surface area contributed by atoms with Crippen LogP contribution in [0.2, 0.25) is 0 Å². The third-order valence-electron chi connectivity index (χ3n) is 5.41. The van der Waals surface area contributed by atoms with Gasteiger partial charge in [-0.05, 0) is 42.5 Å². The van der Waals surface area contributed by atoms with Crippen molar-refractivity contribution in [3.8, 4) is 0 Å². The molecule has 0 saturated carbocycles. The Morgan fingerprint density at radius 3 is 2.79 bits per heavy atom. The van der Waals surface area contributed by atoms with Crippen molar-refractivity contribution in [2.75, 3.05) is 5.32 Å². The Hall–Kier alpha value is -3.22. The standard InChI is InChI=1S/C22H25N5O2/c1-14(2)20(21-26-25-18-11-5-6-13-27(18)21)24-19(28)12-7-9-16-15-8-3-4-10-17(15)23-22(16)29/h3-6,8,10-11,13-14,16,20H,7,9,12H2,1-2H3,(H,23,29)(H,24,28)/t16-,20-/m1/s1. The number of amides is 2.